The highest BCUT2D eigenvalue weighted by Gasteiger charge is 2.21. The topological polar surface area (TPSA) is 72.2 Å². The fourth-order valence-corrected chi connectivity index (χ4v) is 2.94. The molecule has 108 valence electrons. The van der Waals surface area contributed by atoms with E-state index in [4.69, 9.17) is 5.73 Å². The Morgan fingerprint density at radius 3 is 2.47 bits per heavy atom. The molecule has 0 heterocycles. The van der Waals surface area contributed by atoms with Crippen molar-refractivity contribution in [3.8, 4) is 0 Å². The van der Waals surface area contributed by atoms with Gasteiger partial charge in [-0.05, 0) is 24.0 Å². The predicted octanol–water partition coefficient (Wildman–Crippen LogP) is 1.85. The Labute approximate surface area is 114 Å². The van der Waals surface area contributed by atoms with Crippen LogP contribution in [0.15, 0.2) is 23.1 Å². The minimum absolute atomic E-state index is 0.0206. The standard InChI is InChI=1S/C13H21FN2O2S/c1-9(2)10(3)8-16-19(17,18)13-6-4-5-12(14)11(13)7-15/h4-6,9-10,16H,7-8,15H2,1-3H3. The van der Waals surface area contributed by atoms with E-state index in [9.17, 15) is 12.8 Å². The summed E-state index contributed by atoms with van der Waals surface area (Å²) in [6.45, 7) is 6.17. The molecule has 0 radical (unpaired) electrons. The molecule has 1 aromatic carbocycles. The second-order valence-electron chi connectivity index (χ2n) is 4.99. The third kappa shape index (κ3) is 3.99. The smallest absolute Gasteiger partial charge is 0.241 e. The van der Waals surface area contributed by atoms with Gasteiger partial charge in [0.25, 0.3) is 0 Å². The van der Waals surface area contributed by atoms with Crippen molar-refractivity contribution >= 4 is 10.0 Å². The van der Waals surface area contributed by atoms with Gasteiger partial charge in [0.05, 0.1) is 4.90 Å². The van der Waals surface area contributed by atoms with E-state index in [0.29, 0.717) is 12.5 Å². The summed E-state index contributed by atoms with van der Waals surface area (Å²) in [4.78, 5) is -0.0778. The van der Waals surface area contributed by atoms with Gasteiger partial charge in [-0.15, -0.1) is 0 Å². The van der Waals surface area contributed by atoms with E-state index in [1.165, 1.54) is 18.2 Å². The van der Waals surface area contributed by atoms with Gasteiger partial charge in [-0.3, -0.25) is 0 Å². The highest BCUT2D eigenvalue weighted by atomic mass is 32.2. The van der Waals surface area contributed by atoms with E-state index < -0.39 is 15.8 Å². The second kappa shape index (κ2) is 6.45. The van der Waals surface area contributed by atoms with E-state index in [-0.39, 0.29) is 22.9 Å². The van der Waals surface area contributed by atoms with E-state index in [1.807, 2.05) is 20.8 Å². The molecular weight excluding hydrogens is 267 g/mol. The second-order valence-corrected chi connectivity index (χ2v) is 6.73. The van der Waals surface area contributed by atoms with Crippen LogP contribution in [0.1, 0.15) is 26.3 Å². The molecule has 0 saturated heterocycles. The Hall–Kier alpha value is -0.980. The molecule has 0 aliphatic carbocycles. The minimum atomic E-state index is -3.72. The van der Waals surface area contributed by atoms with Crippen LogP contribution in [0.5, 0.6) is 0 Å². The quantitative estimate of drug-likeness (QED) is 0.839. The first kappa shape index (κ1) is 16.1. The lowest BCUT2D eigenvalue weighted by Crippen LogP contribution is -2.31. The van der Waals surface area contributed by atoms with Crippen molar-refractivity contribution in [3.05, 3.63) is 29.6 Å². The molecule has 0 amide bonds. The number of nitrogens with two attached hydrogens (primary N) is 1. The number of sulfonamides is 1. The van der Waals surface area contributed by atoms with Crippen molar-refractivity contribution in [3.63, 3.8) is 0 Å². The number of halogens is 1. The lowest BCUT2D eigenvalue weighted by Gasteiger charge is -2.17. The molecule has 0 fully saturated rings. The van der Waals surface area contributed by atoms with Gasteiger partial charge in [0.2, 0.25) is 10.0 Å². The van der Waals surface area contributed by atoms with Crippen LogP contribution >= 0.6 is 0 Å². The minimum Gasteiger partial charge on any atom is -0.326 e. The van der Waals surface area contributed by atoms with Crippen LogP contribution in [0.3, 0.4) is 0 Å². The van der Waals surface area contributed by atoms with Crippen molar-refractivity contribution < 1.29 is 12.8 Å². The van der Waals surface area contributed by atoms with Gasteiger partial charge in [0, 0.05) is 18.7 Å². The molecule has 1 aromatic rings. The van der Waals surface area contributed by atoms with Crippen LogP contribution in [-0.4, -0.2) is 15.0 Å². The summed E-state index contributed by atoms with van der Waals surface area (Å²) < 4.78 is 40.4. The van der Waals surface area contributed by atoms with Crippen LogP contribution < -0.4 is 10.5 Å². The average Bonchev–Trinajstić information content (AvgIpc) is 2.35. The van der Waals surface area contributed by atoms with Crippen molar-refractivity contribution in [2.45, 2.75) is 32.2 Å². The molecular formula is C13H21FN2O2S. The van der Waals surface area contributed by atoms with E-state index in [0.717, 1.165) is 0 Å². The monoisotopic (exact) mass is 288 g/mol. The lowest BCUT2D eigenvalue weighted by molar-refractivity contribution is 0.414. The van der Waals surface area contributed by atoms with Crippen molar-refractivity contribution in [1.29, 1.82) is 0 Å². The number of hydrogen-bond acceptors (Lipinski definition) is 3. The van der Waals surface area contributed by atoms with Crippen LogP contribution in [0.25, 0.3) is 0 Å². The molecule has 1 unspecified atom stereocenters. The molecule has 6 heteroatoms. The number of hydrogen-bond donors (Lipinski definition) is 2. The van der Waals surface area contributed by atoms with Gasteiger partial charge in [0.1, 0.15) is 5.82 Å². The summed E-state index contributed by atoms with van der Waals surface area (Å²) in [5, 5.41) is 0. The Balaban J connectivity index is 2.98. The molecule has 1 atom stereocenters. The van der Waals surface area contributed by atoms with Gasteiger partial charge in [-0.1, -0.05) is 26.8 Å². The highest BCUT2D eigenvalue weighted by molar-refractivity contribution is 7.89. The van der Waals surface area contributed by atoms with Crippen molar-refractivity contribution in [1.82, 2.24) is 4.72 Å². The maximum Gasteiger partial charge on any atom is 0.241 e. The third-order valence-electron chi connectivity index (χ3n) is 3.30. The zero-order chi connectivity index (χ0) is 14.6. The van der Waals surface area contributed by atoms with Crippen LogP contribution in [0.2, 0.25) is 0 Å². The molecule has 0 aliphatic rings. The van der Waals surface area contributed by atoms with Crippen molar-refractivity contribution in [2.24, 2.45) is 17.6 Å². The van der Waals surface area contributed by atoms with Crippen LogP contribution in [0.4, 0.5) is 4.39 Å². The Morgan fingerprint density at radius 2 is 1.95 bits per heavy atom. The molecule has 3 N–H and O–H groups in total. The van der Waals surface area contributed by atoms with Gasteiger partial charge in [-0.25, -0.2) is 17.5 Å². The first-order valence-corrected chi connectivity index (χ1v) is 7.75. The fraction of sp³-hybridized carbons (Fsp3) is 0.538. The first-order valence-electron chi connectivity index (χ1n) is 6.26. The summed E-state index contributed by atoms with van der Waals surface area (Å²) >= 11 is 0. The normalized spacial score (nSPS) is 13.8. The summed E-state index contributed by atoms with van der Waals surface area (Å²) in [7, 11) is -3.72. The lowest BCUT2D eigenvalue weighted by atomic mass is 9.99. The van der Waals surface area contributed by atoms with Gasteiger partial charge < -0.3 is 5.73 Å². The van der Waals surface area contributed by atoms with Gasteiger partial charge in [-0.2, -0.15) is 0 Å². The maximum atomic E-state index is 13.5. The number of rotatable bonds is 6. The molecule has 19 heavy (non-hydrogen) atoms. The maximum absolute atomic E-state index is 13.5. The summed E-state index contributed by atoms with van der Waals surface area (Å²) in [6, 6.07) is 3.94. The Kier molecular flexibility index (Phi) is 5.46. The molecule has 0 saturated carbocycles. The third-order valence-corrected chi connectivity index (χ3v) is 4.81. The average molecular weight is 288 g/mol. The van der Waals surface area contributed by atoms with E-state index >= 15 is 0 Å². The van der Waals surface area contributed by atoms with Crippen LogP contribution in [-0.2, 0) is 16.6 Å². The highest BCUT2D eigenvalue weighted by Crippen LogP contribution is 2.19. The largest absolute Gasteiger partial charge is 0.326 e. The van der Waals surface area contributed by atoms with Gasteiger partial charge >= 0.3 is 0 Å². The summed E-state index contributed by atoms with van der Waals surface area (Å²) in [6.07, 6.45) is 0. The molecule has 0 aliphatic heterocycles. The number of nitrogens with one attached hydrogen (secondary N) is 1. The molecule has 0 spiro atoms. The Morgan fingerprint density at radius 1 is 1.32 bits per heavy atom. The van der Waals surface area contributed by atoms with E-state index in [1.54, 1.807) is 0 Å². The summed E-state index contributed by atoms with van der Waals surface area (Å²) in [5.41, 5.74) is 5.44. The van der Waals surface area contributed by atoms with E-state index in [2.05, 4.69) is 4.72 Å². The molecule has 1 rings (SSSR count). The first-order chi connectivity index (χ1) is 8.79. The molecule has 0 aromatic heterocycles. The predicted molar refractivity (Wildman–Crippen MR) is 73.5 cm³/mol. The summed E-state index contributed by atoms with van der Waals surface area (Å²) in [5.74, 6) is -0.0314. The molecule has 0 bridgehead atoms. The SMILES string of the molecule is CC(C)C(C)CNS(=O)(=O)c1cccc(F)c1CN. The zero-order valence-electron chi connectivity index (χ0n) is 11.5. The Bertz CT molecular complexity index is 529. The molecule has 4 nitrogen and oxygen atoms in total. The fourth-order valence-electron chi connectivity index (χ4n) is 1.54. The number of benzene rings is 1. The van der Waals surface area contributed by atoms with Gasteiger partial charge in [0.15, 0.2) is 0 Å². The zero-order valence-corrected chi connectivity index (χ0v) is 12.3. The van der Waals surface area contributed by atoms with Crippen LogP contribution in [0, 0.1) is 17.7 Å². The van der Waals surface area contributed by atoms with Crippen molar-refractivity contribution in [2.75, 3.05) is 6.54 Å².